The Morgan fingerprint density at radius 2 is 1.86 bits per heavy atom. The van der Waals surface area contributed by atoms with Crippen LogP contribution in [-0.4, -0.2) is 22.6 Å². The third kappa shape index (κ3) is 3.14. The largest absolute Gasteiger partial charge is 0.347 e. The second-order valence-corrected chi connectivity index (χ2v) is 6.19. The summed E-state index contributed by atoms with van der Waals surface area (Å²) in [6, 6.07) is 6.69. The number of aromatic nitrogens is 1. The van der Waals surface area contributed by atoms with E-state index in [1.165, 1.54) is 60.8 Å². The Balaban J connectivity index is 1.90. The number of benzene rings is 1. The van der Waals surface area contributed by atoms with Crippen molar-refractivity contribution in [2.24, 2.45) is 5.73 Å². The normalized spacial score (nSPS) is 17.2. The van der Waals surface area contributed by atoms with Crippen LogP contribution in [0.4, 0.5) is 0 Å². The van der Waals surface area contributed by atoms with Gasteiger partial charge in [0.25, 0.3) is 0 Å². The molecular formula is C18H27N3. The molecule has 2 aromatic rings. The van der Waals surface area contributed by atoms with Gasteiger partial charge in [0, 0.05) is 36.7 Å². The number of nitrogens with zero attached hydrogens (tertiary/aromatic N) is 2. The highest BCUT2D eigenvalue weighted by Crippen LogP contribution is 2.25. The Hall–Kier alpha value is -1.32. The predicted molar refractivity (Wildman–Crippen MR) is 89.2 cm³/mol. The first-order valence-electron chi connectivity index (χ1n) is 8.35. The molecule has 3 rings (SSSR count). The molecule has 0 unspecified atom stereocenters. The van der Waals surface area contributed by atoms with E-state index in [1.54, 1.807) is 0 Å². The molecule has 0 amide bonds. The lowest BCUT2D eigenvalue weighted by Gasteiger charge is -2.19. The Morgan fingerprint density at radius 1 is 1.10 bits per heavy atom. The van der Waals surface area contributed by atoms with Crippen molar-refractivity contribution in [3.05, 3.63) is 35.5 Å². The van der Waals surface area contributed by atoms with Gasteiger partial charge in [-0.05, 0) is 50.0 Å². The first-order chi connectivity index (χ1) is 10.3. The van der Waals surface area contributed by atoms with Gasteiger partial charge in [-0.25, -0.2) is 0 Å². The van der Waals surface area contributed by atoms with Crippen molar-refractivity contribution >= 4 is 10.9 Å². The maximum absolute atomic E-state index is 5.79. The van der Waals surface area contributed by atoms with E-state index in [2.05, 4.69) is 40.8 Å². The lowest BCUT2D eigenvalue weighted by Crippen LogP contribution is -2.23. The summed E-state index contributed by atoms with van der Waals surface area (Å²) in [4.78, 5) is 2.62. The Morgan fingerprint density at radius 3 is 2.52 bits per heavy atom. The van der Waals surface area contributed by atoms with Crippen LogP contribution < -0.4 is 5.73 Å². The molecule has 1 aromatic carbocycles. The van der Waals surface area contributed by atoms with E-state index in [0.29, 0.717) is 6.54 Å². The summed E-state index contributed by atoms with van der Waals surface area (Å²) >= 11 is 0. The molecule has 114 valence electrons. The maximum atomic E-state index is 5.79. The number of nitrogens with two attached hydrogens (primary N) is 1. The molecule has 1 aliphatic heterocycles. The van der Waals surface area contributed by atoms with Crippen LogP contribution in [0.15, 0.2) is 24.4 Å². The average Bonchev–Trinajstić information content (AvgIpc) is 2.68. The van der Waals surface area contributed by atoms with Gasteiger partial charge in [-0.15, -0.1) is 0 Å². The van der Waals surface area contributed by atoms with Crippen LogP contribution in [0.3, 0.4) is 0 Å². The van der Waals surface area contributed by atoms with E-state index in [1.807, 2.05) is 0 Å². The molecule has 2 heterocycles. The zero-order chi connectivity index (χ0) is 14.7. The molecule has 0 spiro atoms. The van der Waals surface area contributed by atoms with Gasteiger partial charge < -0.3 is 10.3 Å². The molecule has 1 fully saturated rings. The zero-order valence-corrected chi connectivity index (χ0v) is 13.1. The van der Waals surface area contributed by atoms with Crippen molar-refractivity contribution in [3.8, 4) is 0 Å². The molecule has 2 N–H and O–H groups in total. The molecule has 0 saturated carbocycles. The van der Waals surface area contributed by atoms with Crippen LogP contribution in [0.2, 0.25) is 0 Å². The highest BCUT2D eigenvalue weighted by molar-refractivity contribution is 5.84. The molecule has 1 aliphatic rings. The third-order valence-electron chi connectivity index (χ3n) is 4.70. The van der Waals surface area contributed by atoms with E-state index < -0.39 is 0 Å². The van der Waals surface area contributed by atoms with Gasteiger partial charge in [0.05, 0.1) is 0 Å². The molecule has 3 nitrogen and oxygen atoms in total. The summed E-state index contributed by atoms with van der Waals surface area (Å²) in [5, 5.41) is 1.40. The number of aryl methyl sites for hydroxylation is 1. The SMILES string of the molecule is CCn1cc(CN2CCCCCC2)c2ccc(CN)cc21. The molecule has 0 atom stereocenters. The maximum Gasteiger partial charge on any atom is 0.0486 e. The monoisotopic (exact) mass is 285 g/mol. The van der Waals surface area contributed by atoms with Crippen LogP contribution in [0.1, 0.15) is 43.7 Å². The molecule has 0 aliphatic carbocycles. The third-order valence-corrected chi connectivity index (χ3v) is 4.70. The van der Waals surface area contributed by atoms with E-state index in [0.717, 1.165) is 13.1 Å². The fourth-order valence-electron chi connectivity index (χ4n) is 3.46. The van der Waals surface area contributed by atoms with Crippen LogP contribution in [0, 0.1) is 0 Å². The summed E-state index contributed by atoms with van der Waals surface area (Å²) in [5.74, 6) is 0. The van der Waals surface area contributed by atoms with Crippen LogP contribution in [-0.2, 0) is 19.6 Å². The molecule has 1 saturated heterocycles. The number of hydrogen-bond donors (Lipinski definition) is 1. The van der Waals surface area contributed by atoms with Gasteiger partial charge >= 0.3 is 0 Å². The van der Waals surface area contributed by atoms with Crippen molar-refractivity contribution in [2.75, 3.05) is 13.1 Å². The van der Waals surface area contributed by atoms with Crippen molar-refractivity contribution < 1.29 is 0 Å². The molecule has 1 aromatic heterocycles. The predicted octanol–water partition coefficient (Wildman–Crippen LogP) is 3.50. The van der Waals surface area contributed by atoms with Gasteiger partial charge in [0.1, 0.15) is 0 Å². The lowest BCUT2D eigenvalue weighted by atomic mass is 10.1. The fourth-order valence-corrected chi connectivity index (χ4v) is 3.46. The molecular weight excluding hydrogens is 258 g/mol. The molecule has 0 bridgehead atoms. The van der Waals surface area contributed by atoms with Crippen molar-refractivity contribution in [2.45, 2.75) is 52.2 Å². The molecule has 3 heteroatoms. The number of fused-ring (bicyclic) bond motifs is 1. The van der Waals surface area contributed by atoms with Gasteiger partial charge in [0.15, 0.2) is 0 Å². The van der Waals surface area contributed by atoms with Crippen molar-refractivity contribution in [1.82, 2.24) is 9.47 Å². The second kappa shape index (κ2) is 6.63. The first-order valence-corrected chi connectivity index (χ1v) is 8.35. The lowest BCUT2D eigenvalue weighted by molar-refractivity contribution is 0.278. The summed E-state index contributed by atoms with van der Waals surface area (Å²) in [5.41, 5.74) is 9.82. The van der Waals surface area contributed by atoms with E-state index in [-0.39, 0.29) is 0 Å². The van der Waals surface area contributed by atoms with Crippen molar-refractivity contribution in [3.63, 3.8) is 0 Å². The summed E-state index contributed by atoms with van der Waals surface area (Å²) in [7, 11) is 0. The first kappa shape index (κ1) is 14.6. The van der Waals surface area contributed by atoms with Gasteiger partial charge in [-0.1, -0.05) is 25.0 Å². The zero-order valence-electron chi connectivity index (χ0n) is 13.1. The number of likely N-dealkylation sites (tertiary alicyclic amines) is 1. The minimum absolute atomic E-state index is 0.617. The fraction of sp³-hybridized carbons (Fsp3) is 0.556. The van der Waals surface area contributed by atoms with E-state index >= 15 is 0 Å². The highest BCUT2D eigenvalue weighted by Gasteiger charge is 2.14. The van der Waals surface area contributed by atoms with Gasteiger partial charge in [-0.2, -0.15) is 0 Å². The van der Waals surface area contributed by atoms with Crippen LogP contribution >= 0.6 is 0 Å². The number of rotatable bonds is 4. The Bertz CT molecular complexity index is 592. The topological polar surface area (TPSA) is 34.2 Å². The quantitative estimate of drug-likeness (QED) is 0.933. The van der Waals surface area contributed by atoms with E-state index in [9.17, 15) is 0 Å². The Labute approximate surface area is 127 Å². The minimum Gasteiger partial charge on any atom is -0.347 e. The highest BCUT2D eigenvalue weighted by atomic mass is 15.1. The summed E-state index contributed by atoms with van der Waals surface area (Å²) in [6.45, 7) is 7.44. The average molecular weight is 285 g/mol. The van der Waals surface area contributed by atoms with Gasteiger partial charge in [0.2, 0.25) is 0 Å². The molecule has 0 radical (unpaired) electrons. The number of hydrogen-bond acceptors (Lipinski definition) is 2. The Kier molecular flexibility index (Phi) is 4.61. The van der Waals surface area contributed by atoms with E-state index in [4.69, 9.17) is 5.73 Å². The standard InChI is InChI=1S/C18H27N3/c1-2-21-14-16(13-20-9-5-3-4-6-10-20)17-8-7-15(12-19)11-18(17)21/h7-8,11,14H,2-6,9-10,12-13,19H2,1H3. The summed E-state index contributed by atoms with van der Waals surface area (Å²) in [6.07, 6.45) is 7.84. The minimum atomic E-state index is 0.617. The van der Waals surface area contributed by atoms with Crippen molar-refractivity contribution in [1.29, 1.82) is 0 Å². The molecule has 21 heavy (non-hydrogen) atoms. The second-order valence-electron chi connectivity index (χ2n) is 6.19. The van der Waals surface area contributed by atoms with Crippen LogP contribution in [0.25, 0.3) is 10.9 Å². The summed E-state index contributed by atoms with van der Waals surface area (Å²) < 4.78 is 2.36. The smallest absolute Gasteiger partial charge is 0.0486 e. The van der Waals surface area contributed by atoms with Crippen LogP contribution in [0.5, 0.6) is 0 Å². The van der Waals surface area contributed by atoms with Gasteiger partial charge in [-0.3, -0.25) is 4.90 Å².